The predicted molar refractivity (Wildman–Crippen MR) is 110 cm³/mol. The lowest BCUT2D eigenvalue weighted by atomic mass is 10.2. The highest BCUT2D eigenvalue weighted by molar-refractivity contribution is 7.99. The molecule has 0 saturated carbocycles. The van der Waals surface area contributed by atoms with Gasteiger partial charge in [-0.05, 0) is 36.8 Å². The molecular formula is C20H24N6S. The van der Waals surface area contributed by atoms with Crippen molar-refractivity contribution in [2.24, 2.45) is 12.0 Å². The van der Waals surface area contributed by atoms with Gasteiger partial charge in [0.1, 0.15) is 5.82 Å². The summed E-state index contributed by atoms with van der Waals surface area (Å²) >= 11 is 1.76. The minimum atomic E-state index is 0.573. The first-order valence-corrected chi connectivity index (χ1v) is 9.58. The Morgan fingerprint density at radius 1 is 0.963 bits per heavy atom. The summed E-state index contributed by atoms with van der Waals surface area (Å²) in [5.41, 5.74) is 1.20. The molecule has 0 bridgehead atoms. The normalized spacial score (nSPS) is 11.4. The maximum atomic E-state index is 4.26. The number of rotatable bonds is 6. The Morgan fingerprint density at radius 3 is 2.26 bits per heavy atom. The van der Waals surface area contributed by atoms with Crippen molar-refractivity contribution in [1.82, 2.24) is 25.4 Å². The van der Waals surface area contributed by atoms with Crippen LogP contribution in [0.15, 0.2) is 69.4 Å². The number of nitrogens with one attached hydrogen (secondary N) is 2. The molecule has 0 saturated heterocycles. The molecule has 6 nitrogen and oxygen atoms in total. The standard InChI is InChI=1S/C20H24N6S/c1-15-24-25-19(26(15)3)14-23-20(21-2)22-13-16-9-11-18(12-10-16)27-17-7-5-4-6-8-17/h4-12H,13-14H2,1-3H3,(H2,21,22,23). The molecular weight excluding hydrogens is 356 g/mol. The van der Waals surface area contributed by atoms with E-state index in [0.717, 1.165) is 17.6 Å². The summed E-state index contributed by atoms with van der Waals surface area (Å²) in [5, 5.41) is 14.8. The van der Waals surface area contributed by atoms with Crippen molar-refractivity contribution in [2.45, 2.75) is 29.8 Å². The second kappa shape index (κ2) is 9.23. The Labute approximate surface area is 164 Å². The lowest BCUT2D eigenvalue weighted by molar-refractivity contribution is 0.717. The molecule has 0 aliphatic rings. The molecule has 140 valence electrons. The van der Waals surface area contributed by atoms with Crippen LogP contribution in [-0.2, 0) is 20.1 Å². The van der Waals surface area contributed by atoms with Crippen molar-refractivity contribution in [1.29, 1.82) is 0 Å². The quantitative estimate of drug-likeness (QED) is 0.508. The monoisotopic (exact) mass is 380 g/mol. The fourth-order valence-corrected chi connectivity index (χ4v) is 3.31. The summed E-state index contributed by atoms with van der Waals surface area (Å²) in [6.07, 6.45) is 0. The van der Waals surface area contributed by atoms with E-state index in [2.05, 4.69) is 74.4 Å². The molecule has 27 heavy (non-hydrogen) atoms. The van der Waals surface area contributed by atoms with Crippen molar-refractivity contribution in [3.05, 3.63) is 71.8 Å². The second-order valence-electron chi connectivity index (χ2n) is 6.06. The van der Waals surface area contributed by atoms with Crippen LogP contribution in [0.1, 0.15) is 17.2 Å². The van der Waals surface area contributed by atoms with E-state index in [4.69, 9.17) is 0 Å². The zero-order chi connectivity index (χ0) is 19.1. The average Bonchev–Trinajstić information content (AvgIpc) is 3.02. The molecule has 3 rings (SSSR count). The molecule has 7 heteroatoms. The van der Waals surface area contributed by atoms with Gasteiger partial charge in [-0.25, -0.2) is 0 Å². The summed E-state index contributed by atoms with van der Waals surface area (Å²) < 4.78 is 1.96. The Kier molecular flexibility index (Phi) is 6.49. The van der Waals surface area contributed by atoms with Gasteiger partial charge in [0.15, 0.2) is 11.8 Å². The van der Waals surface area contributed by atoms with Gasteiger partial charge in [-0.3, -0.25) is 4.99 Å². The molecule has 2 aromatic carbocycles. The number of guanidine groups is 1. The van der Waals surface area contributed by atoms with Gasteiger partial charge in [-0.15, -0.1) is 10.2 Å². The fourth-order valence-electron chi connectivity index (χ4n) is 2.47. The minimum Gasteiger partial charge on any atom is -0.352 e. The summed E-state index contributed by atoms with van der Waals surface area (Å²) in [4.78, 5) is 6.73. The zero-order valence-corrected chi connectivity index (χ0v) is 16.6. The van der Waals surface area contributed by atoms with Crippen molar-refractivity contribution in [3.8, 4) is 0 Å². The number of nitrogens with zero attached hydrogens (tertiary/aromatic N) is 4. The topological polar surface area (TPSA) is 67.1 Å². The van der Waals surface area contributed by atoms with Gasteiger partial charge in [0.2, 0.25) is 0 Å². The number of aromatic nitrogens is 3. The Morgan fingerprint density at radius 2 is 1.63 bits per heavy atom. The number of benzene rings is 2. The summed E-state index contributed by atoms with van der Waals surface area (Å²) in [5.74, 6) is 2.50. The van der Waals surface area contributed by atoms with E-state index < -0.39 is 0 Å². The van der Waals surface area contributed by atoms with Gasteiger partial charge in [-0.1, -0.05) is 42.1 Å². The Hall–Kier alpha value is -2.80. The van der Waals surface area contributed by atoms with Gasteiger partial charge in [0.05, 0.1) is 6.54 Å². The van der Waals surface area contributed by atoms with Gasteiger partial charge in [-0.2, -0.15) is 0 Å². The first-order valence-electron chi connectivity index (χ1n) is 8.77. The summed E-state index contributed by atoms with van der Waals surface area (Å²) in [6, 6.07) is 19.0. The van der Waals surface area contributed by atoms with Crippen molar-refractivity contribution < 1.29 is 0 Å². The number of aliphatic imine (C=N–C) groups is 1. The van der Waals surface area contributed by atoms with Crippen LogP contribution in [0.4, 0.5) is 0 Å². The highest BCUT2D eigenvalue weighted by Crippen LogP contribution is 2.27. The Balaban J connectivity index is 1.50. The zero-order valence-electron chi connectivity index (χ0n) is 15.8. The first-order chi connectivity index (χ1) is 13.2. The van der Waals surface area contributed by atoms with E-state index in [1.807, 2.05) is 24.6 Å². The lowest BCUT2D eigenvalue weighted by Gasteiger charge is -2.12. The molecule has 0 amide bonds. The molecule has 1 aromatic heterocycles. The van der Waals surface area contributed by atoms with Crippen LogP contribution in [-0.4, -0.2) is 27.8 Å². The van der Waals surface area contributed by atoms with Gasteiger partial charge >= 0.3 is 0 Å². The lowest BCUT2D eigenvalue weighted by Crippen LogP contribution is -2.36. The fraction of sp³-hybridized carbons (Fsp3) is 0.250. The molecule has 1 heterocycles. The summed E-state index contributed by atoms with van der Waals surface area (Å²) in [6.45, 7) is 3.21. The molecule has 3 aromatic rings. The highest BCUT2D eigenvalue weighted by atomic mass is 32.2. The van der Waals surface area contributed by atoms with E-state index >= 15 is 0 Å². The van der Waals surface area contributed by atoms with Crippen LogP contribution >= 0.6 is 11.8 Å². The third-order valence-electron chi connectivity index (χ3n) is 4.18. The Bertz CT molecular complexity index is 887. The molecule has 0 aliphatic carbocycles. The molecule has 0 radical (unpaired) electrons. The van der Waals surface area contributed by atoms with Crippen LogP contribution in [0.5, 0.6) is 0 Å². The van der Waals surface area contributed by atoms with Gasteiger partial charge in [0.25, 0.3) is 0 Å². The molecule has 2 N–H and O–H groups in total. The smallest absolute Gasteiger partial charge is 0.191 e. The third-order valence-corrected chi connectivity index (χ3v) is 5.20. The molecule has 0 aliphatic heterocycles. The molecule has 0 unspecified atom stereocenters. The highest BCUT2D eigenvalue weighted by Gasteiger charge is 2.06. The van der Waals surface area contributed by atoms with Crippen molar-refractivity contribution in [3.63, 3.8) is 0 Å². The molecule has 0 atom stereocenters. The minimum absolute atomic E-state index is 0.573. The van der Waals surface area contributed by atoms with Crippen LogP contribution in [0.25, 0.3) is 0 Å². The number of hydrogen-bond acceptors (Lipinski definition) is 4. The van der Waals surface area contributed by atoms with E-state index in [9.17, 15) is 0 Å². The molecule has 0 spiro atoms. The first kappa shape index (κ1) is 19.0. The third kappa shape index (κ3) is 5.34. The van der Waals surface area contributed by atoms with Gasteiger partial charge in [0, 0.05) is 30.4 Å². The molecule has 0 fully saturated rings. The van der Waals surface area contributed by atoms with Crippen LogP contribution < -0.4 is 10.6 Å². The van der Waals surface area contributed by atoms with E-state index in [1.165, 1.54) is 15.4 Å². The van der Waals surface area contributed by atoms with Crippen molar-refractivity contribution in [2.75, 3.05) is 7.05 Å². The van der Waals surface area contributed by atoms with Crippen molar-refractivity contribution >= 4 is 17.7 Å². The van der Waals surface area contributed by atoms with E-state index in [0.29, 0.717) is 13.1 Å². The number of aryl methyl sites for hydroxylation is 1. The summed E-state index contributed by atoms with van der Waals surface area (Å²) in [7, 11) is 3.72. The van der Waals surface area contributed by atoms with E-state index in [-0.39, 0.29) is 0 Å². The largest absolute Gasteiger partial charge is 0.352 e. The second-order valence-corrected chi connectivity index (χ2v) is 7.21. The van der Waals surface area contributed by atoms with E-state index in [1.54, 1.807) is 18.8 Å². The SMILES string of the molecule is CN=C(NCc1ccc(Sc2ccccc2)cc1)NCc1nnc(C)n1C. The van der Waals surface area contributed by atoms with Crippen LogP contribution in [0.2, 0.25) is 0 Å². The van der Waals surface area contributed by atoms with Crippen LogP contribution in [0, 0.1) is 6.92 Å². The predicted octanol–water partition coefficient (Wildman–Crippen LogP) is 3.14. The maximum absolute atomic E-state index is 4.26. The number of hydrogen-bond donors (Lipinski definition) is 2. The average molecular weight is 381 g/mol. The van der Waals surface area contributed by atoms with Crippen LogP contribution in [0.3, 0.4) is 0 Å². The van der Waals surface area contributed by atoms with Gasteiger partial charge < -0.3 is 15.2 Å². The maximum Gasteiger partial charge on any atom is 0.191 e.